The van der Waals surface area contributed by atoms with Crippen LogP contribution in [-0.2, 0) is 9.59 Å². The molecule has 3 aromatic rings. The molecule has 35 heavy (non-hydrogen) atoms. The first kappa shape index (κ1) is 24.1. The average Bonchev–Trinajstić information content (AvgIpc) is 3.09. The van der Waals surface area contributed by atoms with Gasteiger partial charge >= 0.3 is 0 Å². The normalized spacial score (nSPS) is 17.1. The smallest absolute Gasteiger partial charge is 0.300 e. The summed E-state index contributed by atoms with van der Waals surface area (Å²) in [5.41, 5.74) is 4.32. The van der Waals surface area contributed by atoms with Crippen molar-refractivity contribution in [3.63, 3.8) is 0 Å². The number of rotatable bonds is 6. The number of carbonyl (C=O) groups is 2. The number of anilines is 1. The molecule has 3 aromatic carbocycles. The summed E-state index contributed by atoms with van der Waals surface area (Å²) in [4.78, 5) is 28.3. The Morgan fingerprint density at radius 2 is 1.69 bits per heavy atom. The second kappa shape index (κ2) is 9.66. The second-order valence-corrected chi connectivity index (χ2v) is 8.67. The summed E-state index contributed by atoms with van der Waals surface area (Å²) in [6, 6.07) is 17.5. The number of amides is 1. The van der Waals surface area contributed by atoms with Crippen molar-refractivity contribution in [2.75, 3.05) is 18.6 Å². The molecule has 180 valence electrons. The predicted molar refractivity (Wildman–Crippen MR) is 136 cm³/mol. The first-order valence-electron chi connectivity index (χ1n) is 11.5. The molecule has 1 saturated heterocycles. The summed E-state index contributed by atoms with van der Waals surface area (Å²) in [6.07, 6.45) is 0. The molecular weight excluding hydrogens is 442 g/mol. The molecule has 4 rings (SSSR count). The molecule has 0 radical (unpaired) electrons. The summed E-state index contributed by atoms with van der Waals surface area (Å²) in [5.74, 6) is -0.565. The van der Waals surface area contributed by atoms with E-state index in [0.29, 0.717) is 34.9 Å². The summed E-state index contributed by atoms with van der Waals surface area (Å²) < 4.78 is 11.1. The molecule has 0 aromatic heterocycles. The Bertz CT molecular complexity index is 1320. The lowest BCUT2D eigenvalue weighted by Gasteiger charge is -2.26. The van der Waals surface area contributed by atoms with Crippen LogP contribution >= 0.6 is 0 Å². The monoisotopic (exact) mass is 471 g/mol. The van der Waals surface area contributed by atoms with Gasteiger partial charge in [0.15, 0.2) is 0 Å². The number of Topliss-reactive ketones (excluding diaryl/α,β-unsaturated/α-hetero) is 1. The number of carbonyl (C=O) groups excluding carboxylic acids is 2. The van der Waals surface area contributed by atoms with Crippen LogP contribution < -0.4 is 14.4 Å². The highest BCUT2D eigenvalue weighted by molar-refractivity contribution is 6.51. The number of ketones is 1. The number of aliphatic hydroxyl groups is 1. The molecule has 6 heteroatoms. The second-order valence-electron chi connectivity index (χ2n) is 8.67. The fourth-order valence-corrected chi connectivity index (χ4v) is 4.65. The Kier molecular flexibility index (Phi) is 6.65. The summed E-state index contributed by atoms with van der Waals surface area (Å²) >= 11 is 0. The van der Waals surface area contributed by atoms with Gasteiger partial charge in [0.1, 0.15) is 17.3 Å². The van der Waals surface area contributed by atoms with E-state index in [1.807, 2.05) is 64.1 Å². The van der Waals surface area contributed by atoms with Crippen molar-refractivity contribution >= 4 is 23.1 Å². The summed E-state index contributed by atoms with van der Waals surface area (Å²) in [6.45, 7) is 8.12. The molecule has 1 unspecified atom stereocenters. The molecule has 1 N–H and O–H groups in total. The van der Waals surface area contributed by atoms with Crippen molar-refractivity contribution in [2.24, 2.45) is 0 Å². The van der Waals surface area contributed by atoms with Crippen LogP contribution in [0.5, 0.6) is 11.5 Å². The van der Waals surface area contributed by atoms with E-state index in [0.717, 1.165) is 16.7 Å². The van der Waals surface area contributed by atoms with Crippen LogP contribution in [0.25, 0.3) is 5.76 Å². The van der Waals surface area contributed by atoms with Crippen molar-refractivity contribution in [3.8, 4) is 11.5 Å². The molecule has 1 fully saturated rings. The topological polar surface area (TPSA) is 76.1 Å². The first-order valence-corrected chi connectivity index (χ1v) is 11.5. The number of methoxy groups -OCH3 is 1. The average molecular weight is 472 g/mol. The van der Waals surface area contributed by atoms with E-state index < -0.39 is 17.7 Å². The highest BCUT2D eigenvalue weighted by Gasteiger charge is 2.47. The van der Waals surface area contributed by atoms with Crippen molar-refractivity contribution in [3.05, 3.63) is 94.1 Å². The third-order valence-electron chi connectivity index (χ3n) is 6.11. The molecule has 0 aliphatic carbocycles. The van der Waals surface area contributed by atoms with Gasteiger partial charge in [-0.3, -0.25) is 14.5 Å². The number of benzene rings is 3. The lowest BCUT2D eigenvalue weighted by atomic mass is 9.93. The van der Waals surface area contributed by atoms with E-state index >= 15 is 0 Å². The van der Waals surface area contributed by atoms with Crippen LogP contribution in [-0.4, -0.2) is 30.5 Å². The molecular formula is C29H29NO5. The number of aryl methyl sites for hydroxylation is 3. The van der Waals surface area contributed by atoms with Gasteiger partial charge in [-0.05, 0) is 80.3 Å². The number of hydrogen-bond acceptors (Lipinski definition) is 5. The van der Waals surface area contributed by atoms with Gasteiger partial charge in [0.05, 0.1) is 30.9 Å². The largest absolute Gasteiger partial charge is 0.507 e. The molecule has 1 heterocycles. The number of hydrogen-bond donors (Lipinski definition) is 1. The third-order valence-corrected chi connectivity index (χ3v) is 6.11. The van der Waals surface area contributed by atoms with E-state index in [1.165, 1.54) is 12.0 Å². The Morgan fingerprint density at radius 1 is 0.971 bits per heavy atom. The van der Waals surface area contributed by atoms with Gasteiger partial charge in [-0.15, -0.1) is 0 Å². The zero-order chi connectivity index (χ0) is 25.3. The van der Waals surface area contributed by atoms with Crippen molar-refractivity contribution in [1.29, 1.82) is 0 Å². The fraction of sp³-hybridized carbons (Fsp3) is 0.241. The molecule has 1 amide bonds. The highest BCUT2D eigenvalue weighted by Crippen LogP contribution is 2.44. The van der Waals surface area contributed by atoms with Gasteiger partial charge in [0.2, 0.25) is 0 Å². The van der Waals surface area contributed by atoms with Crippen molar-refractivity contribution in [2.45, 2.75) is 33.7 Å². The lowest BCUT2D eigenvalue weighted by molar-refractivity contribution is -0.132. The maximum absolute atomic E-state index is 13.4. The van der Waals surface area contributed by atoms with Gasteiger partial charge in [0, 0.05) is 5.69 Å². The van der Waals surface area contributed by atoms with E-state index in [2.05, 4.69) is 0 Å². The SMILES string of the molecule is CCOc1ccc(C2/C(=C(\O)c3cc(C)cc(C)c3OC)C(=O)C(=O)N2c2cccc(C)c2)cc1. The van der Waals surface area contributed by atoms with Gasteiger partial charge in [-0.1, -0.05) is 30.3 Å². The first-order chi connectivity index (χ1) is 16.8. The highest BCUT2D eigenvalue weighted by atomic mass is 16.5. The minimum absolute atomic E-state index is 0.0176. The Hall–Kier alpha value is -4.06. The number of nitrogens with zero attached hydrogens (tertiary/aromatic N) is 1. The summed E-state index contributed by atoms with van der Waals surface area (Å²) in [5, 5.41) is 11.5. The predicted octanol–water partition coefficient (Wildman–Crippen LogP) is 5.65. The van der Waals surface area contributed by atoms with Crippen LogP contribution in [0.15, 0.2) is 66.2 Å². The van der Waals surface area contributed by atoms with Crippen molar-refractivity contribution < 1.29 is 24.2 Å². The van der Waals surface area contributed by atoms with Gasteiger partial charge in [-0.2, -0.15) is 0 Å². The van der Waals surface area contributed by atoms with Gasteiger partial charge < -0.3 is 14.6 Å². The molecule has 6 nitrogen and oxygen atoms in total. The molecule has 1 aliphatic heterocycles. The van der Waals surface area contributed by atoms with Crippen LogP contribution in [0.1, 0.15) is 40.8 Å². The Balaban J connectivity index is 1.98. The van der Waals surface area contributed by atoms with Crippen LogP contribution in [0, 0.1) is 20.8 Å². The number of ether oxygens (including phenoxy) is 2. The minimum atomic E-state index is -0.821. The molecule has 0 spiro atoms. The molecule has 0 bridgehead atoms. The summed E-state index contributed by atoms with van der Waals surface area (Å²) in [7, 11) is 1.52. The van der Waals surface area contributed by atoms with Crippen molar-refractivity contribution in [1.82, 2.24) is 0 Å². The zero-order valence-corrected chi connectivity index (χ0v) is 20.6. The molecule has 0 saturated carbocycles. The standard InChI is InChI=1S/C29H29NO5/c1-6-35-22-12-10-20(11-13-22)25-24(26(31)23-16-18(3)14-19(4)28(23)34-5)27(32)29(33)30(25)21-9-7-8-17(2)15-21/h7-16,25,31H,6H2,1-5H3/b26-24+. The quantitative estimate of drug-likeness (QED) is 0.286. The van der Waals surface area contributed by atoms with E-state index in [4.69, 9.17) is 9.47 Å². The van der Waals surface area contributed by atoms with Crippen LogP contribution in [0.2, 0.25) is 0 Å². The third kappa shape index (κ3) is 4.39. The van der Waals surface area contributed by atoms with E-state index in [-0.39, 0.29) is 11.3 Å². The van der Waals surface area contributed by atoms with Gasteiger partial charge in [0.25, 0.3) is 11.7 Å². The molecule has 1 atom stereocenters. The van der Waals surface area contributed by atoms with Crippen LogP contribution in [0.3, 0.4) is 0 Å². The van der Waals surface area contributed by atoms with Crippen LogP contribution in [0.4, 0.5) is 5.69 Å². The van der Waals surface area contributed by atoms with Gasteiger partial charge in [-0.25, -0.2) is 0 Å². The lowest BCUT2D eigenvalue weighted by Crippen LogP contribution is -2.29. The Morgan fingerprint density at radius 3 is 2.31 bits per heavy atom. The molecule has 1 aliphatic rings. The number of aliphatic hydroxyl groups excluding tert-OH is 1. The van der Waals surface area contributed by atoms with E-state index in [9.17, 15) is 14.7 Å². The maximum Gasteiger partial charge on any atom is 0.300 e. The van der Waals surface area contributed by atoms with E-state index in [1.54, 1.807) is 24.3 Å². The Labute approximate surface area is 205 Å². The minimum Gasteiger partial charge on any atom is -0.507 e. The maximum atomic E-state index is 13.4. The zero-order valence-electron chi connectivity index (χ0n) is 20.6. The fourth-order valence-electron chi connectivity index (χ4n) is 4.65.